The molecule has 0 saturated heterocycles. The summed E-state index contributed by atoms with van der Waals surface area (Å²) in [7, 11) is 0. The van der Waals surface area contributed by atoms with Crippen molar-refractivity contribution in [3.05, 3.63) is 11.1 Å². The van der Waals surface area contributed by atoms with E-state index in [0.717, 1.165) is 24.8 Å². The van der Waals surface area contributed by atoms with E-state index in [0.29, 0.717) is 24.3 Å². The van der Waals surface area contributed by atoms with Crippen LogP contribution < -0.4 is 0 Å². The summed E-state index contributed by atoms with van der Waals surface area (Å²) in [6, 6.07) is 0. The summed E-state index contributed by atoms with van der Waals surface area (Å²) < 4.78 is 0. The third-order valence-electron chi connectivity index (χ3n) is 3.14. The second-order valence-electron chi connectivity index (χ2n) is 4.04. The fraction of sp³-hybridized carbons (Fsp3) is 0.636. The molecule has 0 aromatic rings. The zero-order valence-electron chi connectivity index (χ0n) is 7.93. The van der Waals surface area contributed by atoms with Crippen LogP contribution in [0.2, 0.25) is 0 Å². The number of hydrogen-bond acceptors (Lipinski definition) is 2. The first-order valence-corrected chi connectivity index (χ1v) is 4.99. The Bertz CT molecular complexity index is 299. The van der Waals surface area contributed by atoms with E-state index in [-0.39, 0.29) is 11.6 Å². The average molecular weight is 178 g/mol. The van der Waals surface area contributed by atoms with Gasteiger partial charge in [-0.15, -0.1) is 0 Å². The molecule has 0 fully saturated rings. The molecule has 2 nitrogen and oxygen atoms in total. The molecule has 0 radical (unpaired) electrons. The Morgan fingerprint density at radius 3 is 2.54 bits per heavy atom. The van der Waals surface area contributed by atoms with Gasteiger partial charge in [0.1, 0.15) is 0 Å². The molecule has 13 heavy (non-hydrogen) atoms. The number of allylic oxidation sites excluding steroid dienone is 2. The molecular weight excluding hydrogens is 164 g/mol. The van der Waals surface area contributed by atoms with E-state index >= 15 is 0 Å². The molecular formula is C11H14O2. The van der Waals surface area contributed by atoms with Gasteiger partial charge in [-0.3, -0.25) is 9.59 Å². The summed E-state index contributed by atoms with van der Waals surface area (Å²) in [5, 5.41) is 0. The van der Waals surface area contributed by atoms with Crippen LogP contribution in [0.15, 0.2) is 11.1 Å². The first kappa shape index (κ1) is 8.67. The number of Topliss-reactive ketones (excluding diaryl/α,β-unsaturated/α-hetero) is 2. The van der Waals surface area contributed by atoms with Crippen molar-refractivity contribution in [1.29, 1.82) is 0 Å². The smallest absolute Gasteiger partial charge is 0.166 e. The Labute approximate surface area is 78.0 Å². The quantitative estimate of drug-likeness (QED) is 0.532. The van der Waals surface area contributed by atoms with Crippen LogP contribution >= 0.6 is 0 Å². The molecule has 0 heterocycles. The monoisotopic (exact) mass is 178 g/mol. The minimum atomic E-state index is 0.0914. The third kappa shape index (κ3) is 1.34. The highest BCUT2D eigenvalue weighted by Crippen LogP contribution is 2.35. The number of rotatable bonds is 0. The minimum absolute atomic E-state index is 0.0914. The maximum Gasteiger partial charge on any atom is 0.166 e. The average Bonchev–Trinajstić information content (AvgIpc) is 2.40. The molecule has 1 unspecified atom stereocenters. The molecule has 0 bridgehead atoms. The van der Waals surface area contributed by atoms with Crippen molar-refractivity contribution in [2.24, 2.45) is 5.92 Å². The van der Waals surface area contributed by atoms with Crippen LogP contribution in [0.25, 0.3) is 0 Å². The molecule has 0 aromatic carbocycles. The molecule has 0 amide bonds. The van der Waals surface area contributed by atoms with E-state index in [1.165, 1.54) is 0 Å². The van der Waals surface area contributed by atoms with Crippen LogP contribution in [0.5, 0.6) is 0 Å². The lowest BCUT2D eigenvalue weighted by atomic mass is 9.95. The van der Waals surface area contributed by atoms with Gasteiger partial charge in [0.05, 0.1) is 5.57 Å². The first-order chi connectivity index (χ1) is 6.20. The Morgan fingerprint density at radius 1 is 1.08 bits per heavy atom. The number of carbonyl (C=O) groups is 2. The summed E-state index contributed by atoms with van der Waals surface area (Å²) in [5.74, 6) is 0.642. The predicted molar refractivity (Wildman–Crippen MR) is 49.3 cm³/mol. The lowest BCUT2D eigenvalue weighted by molar-refractivity contribution is -0.120. The van der Waals surface area contributed by atoms with Gasteiger partial charge in [0.15, 0.2) is 11.6 Å². The highest BCUT2D eigenvalue weighted by atomic mass is 16.1. The zero-order valence-corrected chi connectivity index (χ0v) is 7.93. The van der Waals surface area contributed by atoms with Crippen LogP contribution in [0.4, 0.5) is 0 Å². The van der Waals surface area contributed by atoms with Gasteiger partial charge in [0, 0.05) is 12.8 Å². The Balaban J connectivity index is 2.42. The molecule has 0 saturated carbocycles. The van der Waals surface area contributed by atoms with Crippen molar-refractivity contribution in [2.45, 2.75) is 39.0 Å². The molecule has 0 aromatic heterocycles. The summed E-state index contributed by atoms with van der Waals surface area (Å²) in [4.78, 5) is 23.0. The highest BCUT2D eigenvalue weighted by molar-refractivity contribution is 6.22. The van der Waals surface area contributed by atoms with Gasteiger partial charge >= 0.3 is 0 Å². The van der Waals surface area contributed by atoms with Crippen LogP contribution in [0.1, 0.15) is 39.0 Å². The lowest BCUT2D eigenvalue weighted by Gasteiger charge is -2.09. The van der Waals surface area contributed by atoms with Gasteiger partial charge in [-0.2, -0.15) is 0 Å². The van der Waals surface area contributed by atoms with Crippen LogP contribution in [-0.4, -0.2) is 11.6 Å². The molecule has 2 aliphatic rings. The molecule has 2 rings (SSSR count). The van der Waals surface area contributed by atoms with Gasteiger partial charge < -0.3 is 0 Å². The van der Waals surface area contributed by atoms with Crippen molar-refractivity contribution in [1.82, 2.24) is 0 Å². The van der Waals surface area contributed by atoms with Crippen molar-refractivity contribution < 1.29 is 9.59 Å². The van der Waals surface area contributed by atoms with Gasteiger partial charge in [0.25, 0.3) is 0 Å². The second-order valence-corrected chi connectivity index (χ2v) is 4.04. The summed E-state index contributed by atoms with van der Waals surface area (Å²) in [6.07, 6.45) is 3.99. The summed E-state index contributed by atoms with van der Waals surface area (Å²) >= 11 is 0. The van der Waals surface area contributed by atoms with E-state index in [2.05, 4.69) is 6.92 Å². The van der Waals surface area contributed by atoms with Gasteiger partial charge in [-0.05, 0) is 25.2 Å². The molecule has 0 N–H and O–H groups in total. The van der Waals surface area contributed by atoms with Crippen molar-refractivity contribution >= 4 is 11.6 Å². The SMILES string of the molecule is CC1CCCC(=O)C2=C1CCC2=O. The van der Waals surface area contributed by atoms with Gasteiger partial charge in [-0.25, -0.2) is 0 Å². The number of ketones is 2. The molecule has 0 spiro atoms. The summed E-state index contributed by atoms with van der Waals surface area (Å²) in [6.45, 7) is 2.13. The number of carbonyl (C=O) groups excluding carboxylic acids is 2. The third-order valence-corrected chi connectivity index (χ3v) is 3.14. The predicted octanol–water partition coefficient (Wildman–Crippen LogP) is 2.04. The topological polar surface area (TPSA) is 34.1 Å². The maximum atomic E-state index is 11.6. The highest BCUT2D eigenvalue weighted by Gasteiger charge is 2.32. The molecule has 2 heteroatoms. The van der Waals surface area contributed by atoms with E-state index in [1.807, 2.05) is 0 Å². The Morgan fingerprint density at radius 2 is 1.77 bits per heavy atom. The van der Waals surface area contributed by atoms with Crippen molar-refractivity contribution in [3.63, 3.8) is 0 Å². The van der Waals surface area contributed by atoms with Crippen molar-refractivity contribution in [3.8, 4) is 0 Å². The largest absolute Gasteiger partial charge is 0.294 e. The molecule has 2 aliphatic carbocycles. The standard InChI is InChI=1S/C11H14O2/c1-7-3-2-4-9(12)11-8(7)5-6-10(11)13/h7H,2-6H2,1H3. The fourth-order valence-electron chi connectivity index (χ4n) is 2.37. The Hall–Kier alpha value is -0.920. The normalized spacial score (nSPS) is 29.2. The van der Waals surface area contributed by atoms with E-state index < -0.39 is 0 Å². The fourth-order valence-corrected chi connectivity index (χ4v) is 2.37. The van der Waals surface area contributed by atoms with E-state index in [4.69, 9.17) is 0 Å². The molecule has 70 valence electrons. The molecule has 0 aliphatic heterocycles. The first-order valence-electron chi connectivity index (χ1n) is 4.99. The van der Waals surface area contributed by atoms with E-state index in [9.17, 15) is 9.59 Å². The summed E-state index contributed by atoms with van der Waals surface area (Å²) in [5.41, 5.74) is 1.72. The maximum absolute atomic E-state index is 11.6. The molecule has 1 atom stereocenters. The van der Waals surface area contributed by atoms with Crippen LogP contribution in [0.3, 0.4) is 0 Å². The van der Waals surface area contributed by atoms with Gasteiger partial charge in [0.2, 0.25) is 0 Å². The number of hydrogen-bond donors (Lipinski definition) is 0. The van der Waals surface area contributed by atoms with Crippen molar-refractivity contribution in [2.75, 3.05) is 0 Å². The minimum Gasteiger partial charge on any atom is -0.294 e. The Kier molecular flexibility index (Phi) is 2.06. The lowest BCUT2D eigenvalue weighted by Crippen LogP contribution is -2.08. The van der Waals surface area contributed by atoms with Crippen LogP contribution in [0, 0.1) is 5.92 Å². The zero-order chi connectivity index (χ0) is 9.42. The van der Waals surface area contributed by atoms with Crippen LogP contribution in [-0.2, 0) is 9.59 Å². The van der Waals surface area contributed by atoms with Gasteiger partial charge in [-0.1, -0.05) is 12.5 Å². The van der Waals surface area contributed by atoms with E-state index in [1.54, 1.807) is 0 Å². The second kappa shape index (κ2) is 3.09.